The fraction of sp³-hybridized carbons (Fsp3) is 0.500. The van der Waals surface area contributed by atoms with E-state index in [1.165, 1.54) is 5.56 Å². The van der Waals surface area contributed by atoms with Crippen LogP contribution in [0.15, 0.2) is 18.2 Å². The molecule has 3 rings (SSSR count). The van der Waals surface area contributed by atoms with Crippen molar-refractivity contribution in [2.75, 3.05) is 20.3 Å². The van der Waals surface area contributed by atoms with E-state index in [2.05, 4.69) is 35.4 Å². The molecule has 4 nitrogen and oxygen atoms in total. The molecule has 2 aromatic rings. The molecule has 2 unspecified atom stereocenters. The van der Waals surface area contributed by atoms with Gasteiger partial charge in [-0.25, -0.2) is 4.98 Å². The Morgan fingerprint density at radius 1 is 1.44 bits per heavy atom. The number of imidazole rings is 1. The molecule has 0 bridgehead atoms. The van der Waals surface area contributed by atoms with Crippen molar-refractivity contribution in [3.63, 3.8) is 0 Å². The molecule has 1 saturated heterocycles. The van der Waals surface area contributed by atoms with Gasteiger partial charge in [-0.15, -0.1) is 0 Å². The first kappa shape index (κ1) is 11.7. The number of aromatic nitrogens is 2. The highest BCUT2D eigenvalue weighted by atomic mass is 16.5. The average molecular weight is 245 g/mol. The van der Waals surface area contributed by atoms with Gasteiger partial charge in [0.2, 0.25) is 0 Å². The minimum atomic E-state index is 0.326. The Kier molecular flexibility index (Phi) is 3.06. The van der Waals surface area contributed by atoms with Crippen LogP contribution in [0.1, 0.15) is 24.2 Å². The van der Waals surface area contributed by atoms with Gasteiger partial charge in [-0.3, -0.25) is 0 Å². The van der Waals surface area contributed by atoms with E-state index in [-0.39, 0.29) is 0 Å². The summed E-state index contributed by atoms with van der Waals surface area (Å²) in [5, 5.41) is 3.29. The summed E-state index contributed by atoms with van der Waals surface area (Å²) < 4.78 is 5.53. The van der Waals surface area contributed by atoms with Gasteiger partial charge in [0.25, 0.3) is 0 Å². The number of nitrogens with zero attached hydrogens (tertiary/aromatic N) is 1. The molecule has 0 saturated carbocycles. The maximum absolute atomic E-state index is 5.53. The van der Waals surface area contributed by atoms with Crippen LogP contribution in [0.5, 0.6) is 0 Å². The third kappa shape index (κ3) is 1.91. The smallest absolute Gasteiger partial charge is 0.114 e. The molecule has 2 atom stereocenters. The predicted octanol–water partition coefficient (Wildman–Crippen LogP) is 1.83. The molecular formula is C14H19N3O. The molecular weight excluding hydrogens is 226 g/mol. The number of rotatable bonds is 3. The van der Waals surface area contributed by atoms with Crippen LogP contribution in [0.3, 0.4) is 0 Å². The number of H-pyrrole nitrogens is 1. The number of nitrogens with one attached hydrogen (secondary N) is 2. The Labute approximate surface area is 107 Å². The van der Waals surface area contributed by atoms with Gasteiger partial charge in [0, 0.05) is 6.04 Å². The minimum Gasteiger partial charge on any atom is -0.379 e. The summed E-state index contributed by atoms with van der Waals surface area (Å²) in [4.78, 5) is 8.14. The van der Waals surface area contributed by atoms with Gasteiger partial charge in [0.1, 0.15) is 5.82 Å². The number of ether oxygens (including phenoxy) is 1. The van der Waals surface area contributed by atoms with Crippen LogP contribution in [-0.4, -0.2) is 36.3 Å². The topological polar surface area (TPSA) is 49.9 Å². The molecule has 0 radical (unpaired) electrons. The second-order valence-corrected chi connectivity index (χ2v) is 4.87. The lowest BCUT2D eigenvalue weighted by atomic mass is 10.0. The summed E-state index contributed by atoms with van der Waals surface area (Å²) >= 11 is 0. The van der Waals surface area contributed by atoms with Gasteiger partial charge in [-0.05, 0) is 31.2 Å². The predicted molar refractivity (Wildman–Crippen MR) is 71.9 cm³/mol. The lowest BCUT2D eigenvalue weighted by molar-refractivity contribution is 0.188. The number of aryl methyl sites for hydroxylation is 1. The van der Waals surface area contributed by atoms with Gasteiger partial charge in [0.05, 0.1) is 30.2 Å². The summed E-state index contributed by atoms with van der Waals surface area (Å²) in [6, 6.07) is 6.79. The van der Waals surface area contributed by atoms with Crippen LogP contribution in [-0.2, 0) is 11.2 Å². The second-order valence-electron chi connectivity index (χ2n) is 4.87. The number of aromatic amines is 1. The minimum absolute atomic E-state index is 0.326. The molecule has 0 amide bonds. The van der Waals surface area contributed by atoms with Crippen LogP contribution in [0.2, 0.25) is 0 Å². The highest BCUT2D eigenvalue weighted by Crippen LogP contribution is 2.25. The van der Waals surface area contributed by atoms with E-state index < -0.39 is 0 Å². The number of likely N-dealkylation sites (N-methyl/N-ethyl adjacent to an activating group) is 1. The zero-order valence-corrected chi connectivity index (χ0v) is 10.9. The first-order valence-corrected chi connectivity index (χ1v) is 6.55. The van der Waals surface area contributed by atoms with Crippen LogP contribution in [0.25, 0.3) is 11.0 Å². The van der Waals surface area contributed by atoms with Gasteiger partial charge in [-0.2, -0.15) is 0 Å². The molecule has 96 valence electrons. The Morgan fingerprint density at radius 3 is 3.11 bits per heavy atom. The van der Waals surface area contributed by atoms with E-state index in [1.807, 2.05) is 7.05 Å². The van der Waals surface area contributed by atoms with Crippen molar-refractivity contribution < 1.29 is 4.74 Å². The first-order chi connectivity index (χ1) is 8.81. The Morgan fingerprint density at radius 2 is 2.33 bits per heavy atom. The zero-order chi connectivity index (χ0) is 12.5. The lowest BCUT2D eigenvalue weighted by Crippen LogP contribution is -2.31. The van der Waals surface area contributed by atoms with Gasteiger partial charge in [0.15, 0.2) is 0 Å². The summed E-state index contributed by atoms with van der Waals surface area (Å²) in [5.41, 5.74) is 3.51. The third-order valence-corrected chi connectivity index (χ3v) is 3.78. The SMILES string of the molecule is CCc1ccc2nc(C3COCC3NC)[nH]c2c1. The molecule has 4 heteroatoms. The largest absolute Gasteiger partial charge is 0.379 e. The van der Waals surface area contributed by atoms with E-state index in [0.717, 1.165) is 36.5 Å². The van der Waals surface area contributed by atoms with Gasteiger partial charge < -0.3 is 15.0 Å². The number of hydrogen-bond donors (Lipinski definition) is 2. The van der Waals surface area contributed by atoms with Gasteiger partial charge in [-0.1, -0.05) is 13.0 Å². The van der Waals surface area contributed by atoms with Gasteiger partial charge >= 0.3 is 0 Å². The summed E-state index contributed by atoms with van der Waals surface area (Å²) in [6.07, 6.45) is 1.05. The Balaban J connectivity index is 1.97. The normalized spacial score (nSPS) is 23.9. The van der Waals surface area contributed by atoms with Crippen molar-refractivity contribution in [2.45, 2.75) is 25.3 Å². The standard InChI is InChI=1S/C14H19N3O/c1-3-9-4-5-11-12(6-9)17-14(16-11)10-7-18-8-13(10)15-2/h4-6,10,13,15H,3,7-8H2,1-2H3,(H,16,17). The third-order valence-electron chi connectivity index (χ3n) is 3.78. The van der Waals surface area contributed by atoms with Crippen LogP contribution < -0.4 is 5.32 Å². The lowest BCUT2D eigenvalue weighted by Gasteiger charge is -2.13. The van der Waals surface area contributed by atoms with E-state index >= 15 is 0 Å². The van der Waals surface area contributed by atoms with E-state index in [1.54, 1.807) is 0 Å². The van der Waals surface area contributed by atoms with Crippen molar-refractivity contribution >= 4 is 11.0 Å². The number of hydrogen-bond acceptors (Lipinski definition) is 3. The fourth-order valence-electron chi connectivity index (χ4n) is 2.58. The molecule has 1 aliphatic rings. The number of benzene rings is 1. The second kappa shape index (κ2) is 4.71. The molecule has 18 heavy (non-hydrogen) atoms. The fourth-order valence-corrected chi connectivity index (χ4v) is 2.58. The van der Waals surface area contributed by atoms with Crippen molar-refractivity contribution in [1.82, 2.24) is 15.3 Å². The van der Waals surface area contributed by atoms with Crippen molar-refractivity contribution in [3.05, 3.63) is 29.6 Å². The highest BCUT2D eigenvalue weighted by Gasteiger charge is 2.30. The van der Waals surface area contributed by atoms with Crippen molar-refractivity contribution in [2.24, 2.45) is 0 Å². The monoisotopic (exact) mass is 245 g/mol. The summed E-state index contributed by atoms with van der Waals surface area (Å²) in [6.45, 7) is 3.67. The quantitative estimate of drug-likeness (QED) is 0.867. The number of fused-ring (bicyclic) bond motifs is 1. The molecule has 1 aromatic carbocycles. The molecule has 1 fully saturated rings. The van der Waals surface area contributed by atoms with Crippen LogP contribution in [0, 0.1) is 0 Å². The molecule has 2 heterocycles. The first-order valence-electron chi connectivity index (χ1n) is 6.55. The Hall–Kier alpha value is -1.39. The van der Waals surface area contributed by atoms with E-state index in [9.17, 15) is 0 Å². The molecule has 0 aliphatic carbocycles. The van der Waals surface area contributed by atoms with E-state index in [4.69, 9.17) is 9.72 Å². The summed E-state index contributed by atoms with van der Waals surface area (Å²) in [5.74, 6) is 1.36. The van der Waals surface area contributed by atoms with Crippen LogP contribution in [0.4, 0.5) is 0 Å². The average Bonchev–Trinajstić information content (AvgIpc) is 3.03. The molecule has 0 spiro atoms. The van der Waals surface area contributed by atoms with Crippen LogP contribution >= 0.6 is 0 Å². The highest BCUT2D eigenvalue weighted by molar-refractivity contribution is 5.76. The molecule has 2 N–H and O–H groups in total. The maximum atomic E-state index is 5.53. The van der Waals surface area contributed by atoms with Crippen molar-refractivity contribution in [3.8, 4) is 0 Å². The maximum Gasteiger partial charge on any atom is 0.114 e. The molecule has 1 aromatic heterocycles. The van der Waals surface area contributed by atoms with E-state index in [0.29, 0.717) is 12.0 Å². The molecule has 1 aliphatic heterocycles. The van der Waals surface area contributed by atoms with Crippen molar-refractivity contribution in [1.29, 1.82) is 0 Å². The zero-order valence-electron chi connectivity index (χ0n) is 10.9. The summed E-state index contributed by atoms with van der Waals surface area (Å²) in [7, 11) is 1.98. The Bertz CT molecular complexity index is 549.